The van der Waals surface area contributed by atoms with Gasteiger partial charge in [-0.05, 0) is 34.2 Å². The van der Waals surface area contributed by atoms with E-state index in [0.29, 0.717) is 6.54 Å². The molecule has 108 valence electrons. The van der Waals surface area contributed by atoms with Gasteiger partial charge in [-0.3, -0.25) is 0 Å². The van der Waals surface area contributed by atoms with Gasteiger partial charge in [-0.1, -0.05) is 27.7 Å². The van der Waals surface area contributed by atoms with Crippen LogP contribution in [0.2, 0.25) is 0 Å². The van der Waals surface area contributed by atoms with Crippen molar-refractivity contribution in [3.63, 3.8) is 0 Å². The lowest BCUT2D eigenvalue weighted by Gasteiger charge is -2.22. The molecule has 4 nitrogen and oxygen atoms in total. The first kappa shape index (κ1) is 16.4. The third kappa shape index (κ3) is 6.87. The number of aliphatic hydroxyl groups excluding tert-OH is 1. The molecule has 0 aliphatic carbocycles. The van der Waals surface area contributed by atoms with E-state index in [1.165, 1.54) is 0 Å². The summed E-state index contributed by atoms with van der Waals surface area (Å²) in [5.41, 5.74) is 0.126. The van der Waals surface area contributed by atoms with Crippen LogP contribution in [0.5, 0.6) is 0 Å². The maximum Gasteiger partial charge on any atom is 0.132 e. The van der Waals surface area contributed by atoms with Gasteiger partial charge in [0.2, 0.25) is 0 Å². The van der Waals surface area contributed by atoms with Crippen molar-refractivity contribution < 1.29 is 5.11 Å². The largest absolute Gasteiger partial charge is 0.391 e. The van der Waals surface area contributed by atoms with E-state index in [4.69, 9.17) is 0 Å². The van der Waals surface area contributed by atoms with Gasteiger partial charge in [-0.15, -0.1) is 0 Å². The molecule has 0 aliphatic heterocycles. The third-order valence-corrected chi connectivity index (χ3v) is 2.99. The maximum absolute atomic E-state index is 9.97. The standard InChI is InChI=1S/C14H24BrN3O/c1-5-6-12-17-11(15)7-13(18-12)16-9-10(19)8-14(2,3)4/h7,10,19H,5-6,8-9H2,1-4H3,(H,16,17,18). The van der Waals surface area contributed by atoms with E-state index in [9.17, 15) is 5.11 Å². The van der Waals surface area contributed by atoms with Gasteiger partial charge in [0.05, 0.1) is 6.10 Å². The molecule has 0 fully saturated rings. The zero-order chi connectivity index (χ0) is 14.5. The number of hydrogen-bond acceptors (Lipinski definition) is 4. The molecule has 1 aromatic rings. The van der Waals surface area contributed by atoms with Gasteiger partial charge in [-0.25, -0.2) is 9.97 Å². The Morgan fingerprint density at radius 3 is 2.63 bits per heavy atom. The van der Waals surface area contributed by atoms with Crippen LogP contribution in [0.3, 0.4) is 0 Å². The summed E-state index contributed by atoms with van der Waals surface area (Å²) in [6.45, 7) is 8.97. The van der Waals surface area contributed by atoms with Crippen molar-refractivity contribution in [1.82, 2.24) is 9.97 Å². The zero-order valence-electron chi connectivity index (χ0n) is 12.2. The Morgan fingerprint density at radius 1 is 1.37 bits per heavy atom. The number of nitrogens with one attached hydrogen (secondary N) is 1. The summed E-state index contributed by atoms with van der Waals surface area (Å²) in [6.07, 6.45) is 2.26. The normalized spacial score (nSPS) is 13.4. The number of aryl methyl sites for hydroxylation is 1. The number of nitrogens with zero attached hydrogens (tertiary/aromatic N) is 2. The van der Waals surface area contributed by atoms with Crippen molar-refractivity contribution in [3.8, 4) is 0 Å². The van der Waals surface area contributed by atoms with Gasteiger partial charge in [0, 0.05) is 19.0 Å². The van der Waals surface area contributed by atoms with E-state index < -0.39 is 0 Å². The molecule has 0 aromatic carbocycles. The van der Waals surface area contributed by atoms with E-state index in [2.05, 4.69) is 58.9 Å². The predicted molar refractivity (Wildman–Crippen MR) is 82.3 cm³/mol. The fraction of sp³-hybridized carbons (Fsp3) is 0.714. The van der Waals surface area contributed by atoms with E-state index >= 15 is 0 Å². The Balaban J connectivity index is 2.57. The van der Waals surface area contributed by atoms with Crippen molar-refractivity contribution >= 4 is 21.7 Å². The van der Waals surface area contributed by atoms with Crippen LogP contribution in [0.4, 0.5) is 5.82 Å². The Labute approximate surface area is 124 Å². The minimum Gasteiger partial charge on any atom is -0.391 e. The topological polar surface area (TPSA) is 58.0 Å². The van der Waals surface area contributed by atoms with Gasteiger partial charge in [0.1, 0.15) is 16.2 Å². The molecule has 0 radical (unpaired) electrons. The highest BCUT2D eigenvalue weighted by Crippen LogP contribution is 2.21. The minimum absolute atomic E-state index is 0.126. The lowest BCUT2D eigenvalue weighted by molar-refractivity contribution is 0.132. The fourth-order valence-corrected chi connectivity index (χ4v) is 2.31. The highest BCUT2D eigenvalue weighted by atomic mass is 79.9. The van der Waals surface area contributed by atoms with Crippen LogP contribution in [-0.2, 0) is 6.42 Å². The van der Waals surface area contributed by atoms with E-state index in [1.807, 2.05) is 6.07 Å². The molecule has 0 aliphatic rings. The summed E-state index contributed by atoms with van der Waals surface area (Å²) in [5, 5.41) is 13.1. The van der Waals surface area contributed by atoms with Crippen LogP contribution in [0.25, 0.3) is 0 Å². The van der Waals surface area contributed by atoms with Gasteiger partial charge in [0.25, 0.3) is 0 Å². The Hall–Kier alpha value is -0.680. The molecule has 1 atom stereocenters. The number of anilines is 1. The Kier molecular flexibility index (Phi) is 6.20. The summed E-state index contributed by atoms with van der Waals surface area (Å²) in [4.78, 5) is 8.74. The summed E-state index contributed by atoms with van der Waals surface area (Å²) >= 11 is 3.39. The second-order valence-electron chi connectivity index (χ2n) is 6.04. The minimum atomic E-state index is -0.372. The molecular formula is C14H24BrN3O. The number of halogens is 1. The molecule has 1 aromatic heterocycles. The number of aromatic nitrogens is 2. The lowest BCUT2D eigenvalue weighted by Crippen LogP contribution is -2.25. The van der Waals surface area contributed by atoms with Gasteiger partial charge >= 0.3 is 0 Å². The quantitative estimate of drug-likeness (QED) is 0.785. The molecule has 5 heteroatoms. The number of aliphatic hydroxyl groups is 1. The van der Waals surface area contributed by atoms with Crippen LogP contribution in [0.1, 0.15) is 46.4 Å². The molecule has 1 rings (SSSR count). The number of rotatable bonds is 6. The molecule has 2 N–H and O–H groups in total. The molecule has 0 bridgehead atoms. The average Bonchev–Trinajstić information content (AvgIpc) is 2.24. The molecule has 1 heterocycles. The van der Waals surface area contributed by atoms with Crippen molar-refractivity contribution in [3.05, 3.63) is 16.5 Å². The van der Waals surface area contributed by atoms with E-state index in [-0.39, 0.29) is 11.5 Å². The predicted octanol–water partition coefficient (Wildman–Crippen LogP) is 3.40. The van der Waals surface area contributed by atoms with Gasteiger partial charge in [0.15, 0.2) is 0 Å². The molecule has 0 saturated heterocycles. The molecular weight excluding hydrogens is 306 g/mol. The second-order valence-corrected chi connectivity index (χ2v) is 6.85. The molecule has 0 amide bonds. The molecule has 1 unspecified atom stereocenters. The van der Waals surface area contributed by atoms with Crippen molar-refractivity contribution in [2.45, 2.75) is 53.1 Å². The van der Waals surface area contributed by atoms with Crippen molar-refractivity contribution in [1.29, 1.82) is 0 Å². The summed E-state index contributed by atoms with van der Waals surface area (Å²) in [7, 11) is 0. The summed E-state index contributed by atoms with van der Waals surface area (Å²) < 4.78 is 0.777. The molecule has 0 saturated carbocycles. The maximum atomic E-state index is 9.97. The second kappa shape index (κ2) is 7.20. The van der Waals surface area contributed by atoms with Crippen LogP contribution < -0.4 is 5.32 Å². The van der Waals surface area contributed by atoms with Gasteiger partial charge in [-0.2, -0.15) is 0 Å². The third-order valence-electron chi connectivity index (χ3n) is 2.58. The molecule has 0 spiro atoms. The van der Waals surface area contributed by atoms with Crippen LogP contribution in [0.15, 0.2) is 10.7 Å². The first-order valence-electron chi connectivity index (χ1n) is 6.75. The zero-order valence-corrected chi connectivity index (χ0v) is 13.8. The highest BCUT2D eigenvalue weighted by Gasteiger charge is 2.16. The first-order valence-corrected chi connectivity index (χ1v) is 7.55. The van der Waals surface area contributed by atoms with Crippen LogP contribution in [0, 0.1) is 5.41 Å². The van der Waals surface area contributed by atoms with Crippen LogP contribution in [-0.4, -0.2) is 27.7 Å². The Morgan fingerprint density at radius 2 is 2.05 bits per heavy atom. The number of hydrogen-bond donors (Lipinski definition) is 2. The SMILES string of the molecule is CCCc1nc(Br)cc(NCC(O)CC(C)(C)C)n1. The average molecular weight is 330 g/mol. The highest BCUT2D eigenvalue weighted by molar-refractivity contribution is 9.10. The first-order chi connectivity index (χ1) is 8.80. The monoisotopic (exact) mass is 329 g/mol. The molecule has 19 heavy (non-hydrogen) atoms. The van der Waals surface area contributed by atoms with Gasteiger partial charge < -0.3 is 10.4 Å². The summed E-state index contributed by atoms with van der Waals surface area (Å²) in [6, 6.07) is 1.84. The smallest absolute Gasteiger partial charge is 0.132 e. The van der Waals surface area contributed by atoms with Crippen LogP contribution >= 0.6 is 15.9 Å². The van der Waals surface area contributed by atoms with E-state index in [0.717, 1.165) is 35.5 Å². The van der Waals surface area contributed by atoms with E-state index in [1.54, 1.807) is 0 Å². The fourth-order valence-electron chi connectivity index (χ4n) is 1.89. The van der Waals surface area contributed by atoms with Crippen molar-refractivity contribution in [2.24, 2.45) is 5.41 Å². The summed E-state index contributed by atoms with van der Waals surface area (Å²) in [5.74, 6) is 1.59. The Bertz CT molecular complexity index is 404. The lowest BCUT2D eigenvalue weighted by atomic mass is 9.89. The van der Waals surface area contributed by atoms with Crippen molar-refractivity contribution in [2.75, 3.05) is 11.9 Å².